The number of ether oxygens (including phenoxy) is 1. The second kappa shape index (κ2) is 5.59. The van der Waals surface area contributed by atoms with Crippen molar-refractivity contribution >= 4 is 0 Å². The first-order valence-corrected chi connectivity index (χ1v) is 4.70. The van der Waals surface area contributed by atoms with Gasteiger partial charge in [0.1, 0.15) is 0 Å². The lowest BCUT2D eigenvalue weighted by Crippen LogP contribution is -2.20. The Bertz CT molecular complexity index is 86.9. The maximum Gasteiger partial charge on any atom is 0.0840 e. The molecule has 1 fully saturated rings. The first kappa shape index (κ1) is 9.05. The first-order valence-electron chi connectivity index (χ1n) is 4.70. The van der Waals surface area contributed by atoms with E-state index >= 15 is 0 Å². The molecule has 0 aliphatic heterocycles. The molecule has 1 saturated carbocycles. The number of rotatable bonds is 6. The van der Waals surface area contributed by atoms with Gasteiger partial charge >= 0.3 is 0 Å². The molecule has 0 saturated heterocycles. The molecule has 2 radical (unpaired) electrons. The minimum absolute atomic E-state index is 0.565. The van der Waals surface area contributed by atoms with E-state index in [2.05, 4.69) is 6.92 Å². The molecule has 0 heterocycles. The summed E-state index contributed by atoms with van der Waals surface area (Å²) in [4.78, 5) is 0. The predicted octanol–water partition coefficient (Wildman–Crippen LogP) is 3.11. The molecule has 0 bridgehead atoms. The van der Waals surface area contributed by atoms with Gasteiger partial charge in [-0.15, -0.1) is 0 Å². The van der Waals surface area contributed by atoms with Gasteiger partial charge in [0.2, 0.25) is 0 Å². The minimum atomic E-state index is 0.565. The molecule has 0 aromatic carbocycles. The number of hydrogen-bond acceptors (Lipinski definition) is 1. The largest absolute Gasteiger partial charge is 0.372 e. The van der Waals surface area contributed by atoms with E-state index in [1.54, 1.807) is 0 Å². The number of hydrogen-bond donors (Lipinski definition) is 0. The van der Waals surface area contributed by atoms with E-state index in [1.807, 2.05) is 6.61 Å². The van der Waals surface area contributed by atoms with Crippen LogP contribution in [-0.4, -0.2) is 6.10 Å². The summed E-state index contributed by atoms with van der Waals surface area (Å²) in [5, 5.41) is 0. The summed E-state index contributed by atoms with van der Waals surface area (Å²) in [6.45, 7) is 5.78. The van der Waals surface area contributed by atoms with E-state index < -0.39 is 0 Å². The van der Waals surface area contributed by atoms with Crippen molar-refractivity contribution in [3.63, 3.8) is 0 Å². The molecule has 0 amide bonds. The fraction of sp³-hybridized carbons (Fsp3) is 0.800. The van der Waals surface area contributed by atoms with Crippen LogP contribution >= 0.6 is 0 Å². The van der Waals surface area contributed by atoms with Gasteiger partial charge in [-0.3, -0.25) is 0 Å². The Balaban J connectivity index is 1.73. The summed E-state index contributed by atoms with van der Waals surface area (Å²) in [6.07, 6.45) is 9.08. The van der Waals surface area contributed by atoms with Gasteiger partial charge < -0.3 is 4.74 Å². The summed E-state index contributed by atoms with van der Waals surface area (Å²) in [7, 11) is 0. The molecule has 64 valence electrons. The molecule has 0 aromatic rings. The topological polar surface area (TPSA) is 9.23 Å². The predicted molar refractivity (Wildman–Crippen MR) is 46.8 cm³/mol. The van der Waals surface area contributed by atoms with Crippen molar-refractivity contribution in [2.75, 3.05) is 0 Å². The smallest absolute Gasteiger partial charge is 0.0840 e. The highest BCUT2D eigenvalue weighted by molar-refractivity contribution is 4.71. The summed E-state index contributed by atoms with van der Waals surface area (Å²) in [5.41, 5.74) is 0. The van der Waals surface area contributed by atoms with Crippen molar-refractivity contribution in [2.45, 2.75) is 51.0 Å². The summed E-state index contributed by atoms with van der Waals surface area (Å²) in [5.74, 6) is 0. The summed E-state index contributed by atoms with van der Waals surface area (Å²) in [6, 6.07) is 0. The SMILES string of the molecule is [CH2]CCCC[CH]OC1CCC1. The normalized spacial score (nSPS) is 18.3. The van der Waals surface area contributed by atoms with Crippen LogP contribution in [0.1, 0.15) is 44.9 Å². The van der Waals surface area contributed by atoms with Gasteiger partial charge in [0.15, 0.2) is 0 Å². The molecule has 0 aromatic heterocycles. The summed E-state index contributed by atoms with van der Waals surface area (Å²) >= 11 is 0. The average molecular weight is 154 g/mol. The van der Waals surface area contributed by atoms with E-state index in [0.717, 1.165) is 12.8 Å². The van der Waals surface area contributed by atoms with Crippen molar-refractivity contribution in [1.29, 1.82) is 0 Å². The van der Waals surface area contributed by atoms with Gasteiger partial charge in [-0.05, 0) is 25.7 Å². The average Bonchev–Trinajstić information content (AvgIpc) is 1.93. The second-order valence-corrected chi connectivity index (χ2v) is 3.20. The molecule has 1 heteroatoms. The molecular formula is C10H18O. The molecule has 0 N–H and O–H groups in total. The van der Waals surface area contributed by atoms with Crippen molar-refractivity contribution < 1.29 is 4.74 Å². The van der Waals surface area contributed by atoms with Gasteiger partial charge in [-0.25, -0.2) is 0 Å². The molecule has 1 nitrogen and oxygen atoms in total. The van der Waals surface area contributed by atoms with Crippen LogP contribution in [0.5, 0.6) is 0 Å². The van der Waals surface area contributed by atoms with Crippen molar-refractivity contribution in [1.82, 2.24) is 0 Å². The lowest BCUT2D eigenvalue weighted by atomic mass is 9.96. The Hall–Kier alpha value is -0.0400. The van der Waals surface area contributed by atoms with Crippen molar-refractivity contribution in [3.8, 4) is 0 Å². The Morgan fingerprint density at radius 1 is 1.36 bits per heavy atom. The van der Waals surface area contributed by atoms with Gasteiger partial charge in [-0.2, -0.15) is 0 Å². The highest BCUT2D eigenvalue weighted by Crippen LogP contribution is 2.23. The van der Waals surface area contributed by atoms with Gasteiger partial charge in [0, 0.05) is 0 Å². The lowest BCUT2D eigenvalue weighted by molar-refractivity contribution is 0.0399. The van der Waals surface area contributed by atoms with E-state index in [1.165, 1.54) is 32.1 Å². The molecular weight excluding hydrogens is 136 g/mol. The van der Waals surface area contributed by atoms with Crippen LogP contribution < -0.4 is 0 Å². The van der Waals surface area contributed by atoms with Gasteiger partial charge in [-0.1, -0.05) is 26.2 Å². The monoisotopic (exact) mass is 154 g/mol. The minimum Gasteiger partial charge on any atom is -0.372 e. The maximum atomic E-state index is 5.48. The van der Waals surface area contributed by atoms with Crippen molar-refractivity contribution in [2.24, 2.45) is 0 Å². The number of unbranched alkanes of at least 4 members (excludes halogenated alkanes) is 3. The third-order valence-corrected chi connectivity index (χ3v) is 2.16. The maximum absolute atomic E-state index is 5.48. The molecule has 0 spiro atoms. The Kier molecular flexibility index (Phi) is 4.60. The first-order chi connectivity index (χ1) is 5.43. The van der Waals surface area contributed by atoms with Crippen LogP contribution in [0.25, 0.3) is 0 Å². The fourth-order valence-corrected chi connectivity index (χ4v) is 1.12. The third kappa shape index (κ3) is 3.76. The Morgan fingerprint density at radius 2 is 2.18 bits per heavy atom. The molecule has 1 aliphatic rings. The molecule has 11 heavy (non-hydrogen) atoms. The Morgan fingerprint density at radius 3 is 2.73 bits per heavy atom. The lowest BCUT2D eigenvalue weighted by Gasteiger charge is -2.25. The molecule has 0 unspecified atom stereocenters. The van der Waals surface area contributed by atoms with Crippen LogP contribution in [0.4, 0.5) is 0 Å². The zero-order valence-electron chi connectivity index (χ0n) is 7.22. The highest BCUT2D eigenvalue weighted by atomic mass is 16.5. The van der Waals surface area contributed by atoms with Gasteiger partial charge in [0.25, 0.3) is 0 Å². The molecule has 1 aliphatic carbocycles. The fourth-order valence-electron chi connectivity index (χ4n) is 1.12. The van der Waals surface area contributed by atoms with Crippen LogP contribution in [0.2, 0.25) is 0 Å². The third-order valence-electron chi connectivity index (χ3n) is 2.16. The van der Waals surface area contributed by atoms with Crippen LogP contribution in [-0.2, 0) is 4.74 Å². The van der Waals surface area contributed by atoms with Crippen molar-refractivity contribution in [3.05, 3.63) is 13.5 Å². The van der Waals surface area contributed by atoms with E-state index in [-0.39, 0.29) is 0 Å². The van der Waals surface area contributed by atoms with Crippen LogP contribution in [0, 0.1) is 13.5 Å². The quantitative estimate of drug-likeness (QED) is 0.534. The summed E-state index contributed by atoms with van der Waals surface area (Å²) < 4.78 is 5.48. The standard InChI is InChI=1S/C10H18O/c1-2-3-4-5-9-11-10-7-6-8-10/h9-10H,1-8H2. The van der Waals surface area contributed by atoms with E-state index in [0.29, 0.717) is 6.10 Å². The highest BCUT2D eigenvalue weighted by Gasteiger charge is 2.17. The molecule has 0 atom stereocenters. The van der Waals surface area contributed by atoms with Gasteiger partial charge in [0.05, 0.1) is 12.7 Å². The van der Waals surface area contributed by atoms with Crippen LogP contribution in [0.15, 0.2) is 0 Å². The second-order valence-electron chi connectivity index (χ2n) is 3.20. The van der Waals surface area contributed by atoms with Crippen LogP contribution in [0.3, 0.4) is 0 Å². The zero-order valence-corrected chi connectivity index (χ0v) is 7.22. The zero-order chi connectivity index (χ0) is 7.94. The Labute approximate surface area is 70.1 Å². The molecule has 1 rings (SSSR count). The van der Waals surface area contributed by atoms with E-state index in [4.69, 9.17) is 4.74 Å². The van der Waals surface area contributed by atoms with E-state index in [9.17, 15) is 0 Å².